The van der Waals surface area contributed by atoms with Crippen LogP contribution in [0, 0.1) is 0 Å². The maximum atomic E-state index is 12.0. The molecule has 2 aromatic rings. The molecule has 0 fully saturated rings. The molecule has 0 aliphatic heterocycles. The van der Waals surface area contributed by atoms with Crippen molar-refractivity contribution in [2.75, 3.05) is 6.54 Å². The first-order valence-corrected chi connectivity index (χ1v) is 7.96. The van der Waals surface area contributed by atoms with Gasteiger partial charge in [-0.3, -0.25) is 14.4 Å². The third-order valence-electron chi connectivity index (χ3n) is 3.31. The number of carbonyl (C=O) groups is 3. The van der Waals surface area contributed by atoms with Gasteiger partial charge in [0.2, 0.25) is 11.8 Å². The Hall–Kier alpha value is -2.80. The Bertz CT molecular complexity index is 729. The minimum absolute atomic E-state index is 0.194. The van der Waals surface area contributed by atoms with Crippen molar-refractivity contribution in [3.8, 4) is 0 Å². The highest BCUT2D eigenvalue weighted by molar-refractivity contribution is 6.30. The van der Waals surface area contributed by atoms with E-state index >= 15 is 0 Å². The predicted octanol–water partition coefficient (Wildman–Crippen LogP) is 1.48. The zero-order valence-corrected chi connectivity index (χ0v) is 14.3. The van der Waals surface area contributed by atoms with Crippen LogP contribution in [0.2, 0.25) is 5.02 Å². The van der Waals surface area contributed by atoms with E-state index in [0.717, 1.165) is 0 Å². The molecule has 132 valence electrons. The van der Waals surface area contributed by atoms with Crippen molar-refractivity contribution in [2.24, 2.45) is 0 Å². The van der Waals surface area contributed by atoms with E-state index < -0.39 is 17.9 Å². The highest BCUT2D eigenvalue weighted by Gasteiger charge is 2.17. The van der Waals surface area contributed by atoms with Crippen LogP contribution < -0.4 is 16.0 Å². The molecule has 8 heteroatoms. The summed E-state index contributed by atoms with van der Waals surface area (Å²) in [5.74, 6) is -0.610. The summed E-state index contributed by atoms with van der Waals surface area (Å²) in [4.78, 5) is 35.6. The normalized spacial score (nSPS) is 11.4. The van der Waals surface area contributed by atoms with Crippen molar-refractivity contribution in [1.82, 2.24) is 16.0 Å². The van der Waals surface area contributed by atoms with Crippen LogP contribution >= 0.6 is 11.6 Å². The number of halogens is 1. The van der Waals surface area contributed by atoms with E-state index in [1.165, 1.54) is 13.2 Å². The van der Waals surface area contributed by atoms with Crippen LogP contribution in [0.5, 0.6) is 0 Å². The fraction of sp³-hybridized carbons (Fsp3) is 0.235. The fourth-order valence-corrected chi connectivity index (χ4v) is 2.05. The molecule has 0 saturated heterocycles. The Kier molecular flexibility index (Phi) is 6.59. The third-order valence-corrected chi connectivity index (χ3v) is 3.56. The second-order valence-corrected chi connectivity index (χ2v) is 5.71. The number of hydrogen-bond donors (Lipinski definition) is 3. The number of benzene rings is 1. The van der Waals surface area contributed by atoms with Gasteiger partial charge in [0.05, 0.1) is 19.4 Å². The van der Waals surface area contributed by atoms with Crippen LogP contribution in [0.3, 0.4) is 0 Å². The molecule has 1 atom stereocenters. The van der Waals surface area contributed by atoms with Crippen LogP contribution in [0.4, 0.5) is 0 Å². The standard InChI is InChI=1S/C17H18ClN3O4/c1-11(21-17(24)12-4-6-13(18)7-5-12)16(23)20-10-15(22)19-9-14-3-2-8-25-14/h2-8,11H,9-10H2,1H3,(H,19,22)(H,20,23)(H,21,24). The second kappa shape index (κ2) is 8.89. The van der Waals surface area contributed by atoms with Crippen LogP contribution in [0.1, 0.15) is 23.0 Å². The SMILES string of the molecule is CC(NC(=O)c1ccc(Cl)cc1)C(=O)NCC(=O)NCc1ccco1. The summed E-state index contributed by atoms with van der Waals surface area (Å²) in [6, 6.07) is 8.95. The third kappa shape index (κ3) is 5.96. The molecule has 25 heavy (non-hydrogen) atoms. The smallest absolute Gasteiger partial charge is 0.251 e. The molecule has 0 bridgehead atoms. The van der Waals surface area contributed by atoms with E-state index in [-0.39, 0.29) is 19.0 Å². The first-order valence-electron chi connectivity index (χ1n) is 7.59. The molecule has 0 aliphatic carbocycles. The fourth-order valence-electron chi connectivity index (χ4n) is 1.93. The van der Waals surface area contributed by atoms with Crippen molar-refractivity contribution in [3.05, 3.63) is 59.0 Å². The summed E-state index contributed by atoms with van der Waals surface area (Å²) < 4.78 is 5.08. The minimum Gasteiger partial charge on any atom is -0.467 e. The van der Waals surface area contributed by atoms with E-state index in [9.17, 15) is 14.4 Å². The van der Waals surface area contributed by atoms with E-state index in [1.54, 1.807) is 36.4 Å². The Morgan fingerprint density at radius 2 is 1.84 bits per heavy atom. The van der Waals surface area contributed by atoms with Gasteiger partial charge in [-0.15, -0.1) is 0 Å². The maximum absolute atomic E-state index is 12.0. The van der Waals surface area contributed by atoms with Gasteiger partial charge in [-0.2, -0.15) is 0 Å². The molecule has 0 saturated carbocycles. The zero-order chi connectivity index (χ0) is 18.2. The average Bonchev–Trinajstić information content (AvgIpc) is 3.11. The number of furan rings is 1. The Morgan fingerprint density at radius 1 is 1.12 bits per heavy atom. The second-order valence-electron chi connectivity index (χ2n) is 5.28. The van der Waals surface area contributed by atoms with Gasteiger partial charge in [-0.1, -0.05) is 11.6 Å². The summed E-state index contributed by atoms with van der Waals surface area (Å²) >= 11 is 5.76. The lowest BCUT2D eigenvalue weighted by molar-refractivity contribution is -0.127. The van der Waals surface area contributed by atoms with Crippen LogP contribution in [-0.4, -0.2) is 30.3 Å². The van der Waals surface area contributed by atoms with E-state index in [1.807, 2.05) is 0 Å². The summed E-state index contributed by atoms with van der Waals surface area (Å²) in [5.41, 5.74) is 0.389. The van der Waals surface area contributed by atoms with Crippen molar-refractivity contribution >= 4 is 29.3 Å². The lowest BCUT2D eigenvalue weighted by atomic mass is 10.2. The first-order chi connectivity index (χ1) is 12.0. The van der Waals surface area contributed by atoms with Gasteiger partial charge >= 0.3 is 0 Å². The Balaban J connectivity index is 1.73. The average molecular weight is 364 g/mol. The van der Waals surface area contributed by atoms with Crippen molar-refractivity contribution in [3.63, 3.8) is 0 Å². The topological polar surface area (TPSA) is 100 Å². The number of hydrogen-bond acceptors (Lipinski definition) is 4. The lowest BCUT2D eigenvalue weighted by Gasteiger charge is -2.14. The molecule has 1 aromatic heterocycles. The van der Waals surface area contributed by atoms with E-state index in [0.29, 0.717) is 16.3 Å². The van der Waals surface area contributed by atoms with Gasteiger partial charge in [-0.05, 0) is 43.3 Å². The van der Waals surface area contributed by atoms with Gasteiger partial charge in [0.15, 0.2) is 0 Å². The molecule has 0 radical (unpaired) electrons. The molecule has 2 rings (SSSR count). The predicted molar refractivity (Wildman–Crippen MR) is 91.9 cm³/mol. The van der Waals surface area contributed by atoms with Gasteiger partial charge in [0, 0.05) is 10.6 Å². The van der Waals surface area contributed by atoms with Gasteiger partial charge in [0.25, 0.3) is 5.91 Å². The summed E-state index contributed by atoms with van der Waals surface area (Å²) in [6.07, 6.45) is 1.51. The van der Waals surface area contributed by atoms with E-state index in [2.05, 4.69) is 16.0 Å². The lowest BCUT2D eigenvalue weighted by Crippen LogP contribution is -2.47. The number of nitrogens with one attached hydrogen (secondary N) is 3. The van der Waals surface area contributed by atoms with Crippen molar-refractivity contribution in [2.45, 2.75) is 19.5 Å². The minimum atomic E-state index is -0.791. The zero-order valence-electron chi connectivity index (χ0n) is 13.5. The van der Waals surface area contributed by atoms with Crippen LogP contribution in [0.15, 0.2) is 47.1 Å². The highest BCUT2D eigenvalue weighted by atomic mass is 35.5. The molecule has 3 amide bonds. The van der Waals surface area contributed by atoms with Crippen molar-refractivity contribution < 1.29 is 18.8 Å². The Morgan fingerprint density at radius 3 is 2.48 bits per heavy atom. The summed E-state index contributed by atoms with van der Waals surface area (Å²) in [5, 5.41) is 8.13. The first kappa shape index (κ1) is 18.5. The maximum Gasteiger partial charge on any atom is 0.251 e. The quantitative estimate of drug-likeness (QED) is 0.693. The summed E-state index contributed by atoms with van der Waals surface area (Å²) in [7, 11) is 0. The largest absolute Gasteiger partial charge is 0.467 e. The molecule has 3 N–H and O–H groups in total. The Labute approximate surface area is 149 Å². The monoisotopic (exact) mass is 363 g/mol. The number of rotatable bonds is 7. The molecule has 1 aromatic carbocycles. The molecule has 0 spiro atoms. The molecule has 0 aliphatic rings. The van der Waals surface area contributed by atoms with Crippen LogP contribution in [-0.2, 0) is 16.1 Å². The van der Waals surface area contributed by atoms with Gasteiger partial charge < -0.3 is 20.4 Å². The molecule has 7 nitrogen and oxygen atoms in total. The number of carbonyl (C=O) groups excluding carboxylic acids is 3. The molecule has 1 heterocycles. The summed E-state index contributed by atoms with van der Waals surface area (Å²) in [6.45, 7) is 1.58. The van der Waals surface area contributed by atoms with Gasteiger partial charge in [-0.25, -0.2) is 0 Å². The molecule has 1 unspecified atom stereocenters. The van der Waals surface area contributed by atoms with Gasteiger partial charge in [0.1, 0.15) is 11.8 Å². The molecular weight excluding hydrogens is 346 g/mol. The van der Waals surface area contributed by atoms with Crippen LogP contribution in [0.25, 0.3) is 0 Å². The molecular formula is C17H18ClN3O4. The van der Waals surface area contributed by atoms with Crippen molar-refractivity contribution in [1.29, 1.82) is 0 Å². The van der Waals surface area contributed by atoms with E-state index in [4.69, 9.17) is 16.0 Å². The number of amides is 3. The highest BCUT2D eigenvalue weighted by Crippen LogP contribution is 2.09.